The van der Waals surface area contributed by atoms with Crippen molar-refractivity contribution in [1.82, 2.24) is 0 Å². The average Bonchev–Trinajstić information content (AvgIpc) is 3.11. The van der Waals surface area contributed by atoms with Gasteiger partial charge in [0, 0.05) is 12.5 Å². The van der Waals surface area contributed by atoms with E-state index in [0.717, 1.165) is 11.3 Å². The molecule has 2 rings (SSSR count). The van der Waals surface area contributed by atoms with E-state index < -0.39 is 0 Å². The van der Waals surface area contributed by atoms with E-state index in [1.807, 2.05) is 12.1 Å². The van der Waals surface area contributed by atoms with Gasteiger partial charge in [0.2, 0.25) is 0 Å². The molecule has 1 aromatic carbocycles. The molecule has 0 heterocycles. The number of hydrogen-bond donors (Lipinski definition) is 1. The van der Waals surface area contributed by atoms with Crippen LogP contribution in [-0.2, 0) is 0 Å². The topological polar surface area (TPSA) is 29.5 Å². The van der Waals surface area contributed by atoms with E-state index >= 15 is 0 Å². The highest BCUT2D eigenvalue weighted by Gasteiger charge is 2.27. The fourth-order valence-electron chi connectivity index (χ4n) is 1.90. The standard InChI is InChI=1S/C13H17O2/c1-9(8-14)13-7-11(15-2)5-6-12(13)10-3-4-10/h5-7,9-10,14H,1,3-4,8H2,2H3. The summed E-state index contributed by atoms with van der Waals surface area (Å²) in [6.45, 7) is 4.06. The second-order valence-electron chi connectivity index (χ2n) is 4.15. The molecule has 0 spiro atoms. The Hall–Kier alpha value is -1.02. The molecule has 0 aromatic heterocycles. The number of aliphatic hydroxyl groups is 1. The lowest BCUT2D eigenvalue weighted by Gasteiger charge is -2.15. The molecule has 1 aliphatic rings. The van der Waals surface area contributed by atoms with Crippen LogP contribution in [0.2, 0.25) is 0 Å². The predicted molar refractivity (Wildman–Crippen MR) is 60.2 cm³/mol. The molecule has 15 heavy (non-hydrogen) atoms. The summed E-state index contributed by atoms with van der Waals surface area (Å²) >= 11 is 0. The molecule has 0 bridgehead atoms. The zero-order chi connectivity index (χ0) is 10.8. The molecule has 1 atom stereocenters. The highest BCUT2D eigenvalue weighted by molar-refractivity contribution is 5.42. The smallest absolute Gasteiger partial charge is 0.119 e. The van der Waals surface area contributed by atoms with Crippen molar-refractivity contribution < 1.29 is 9.84 Å². The molecule has 0 amide bonds. The van der Waals surface area contributed by atoms with E-state index in [2.05, 4.69) is 13.0 Å². The first kappa shape index (κ1) is 10.5. The highest BCUT2D eigenvalue weighted by Crippen LogP contribution is 2.44. The Balaban J connectivity index is 2.36. The van der Waals surface area contributed by atoms with E-state index in [1.165, 1.54) is 18.4 Å². The van der Waals surface area contributed by atoms with Crippen LogP contribution >= 0.6 is 0 Å². The van der Waals surface area contributed by atoms with Crippen molar-refractivity contribution in [1.29, 1.82) is 0 Å². The van der Waals surface area contributed by atoms with Crippen molar-refractivity contribution in [3.8, 4) is 5.75 Å². The van der Waals surface area contributed by atoms with Gasteiger partial charge < -0.3 is 9.84 Å². The van der Waals surface area contributed by atoms with Gasteiger partial charge in [-0.1, -0.05) is 6.07 Å². The number of ether oxygens (including phenoxy) is 1. The molecule has 1 saturated carbocycles. The van der Waals surface area contributed by atoms with Crippen molar-refractivity contribution in [3.05, 3.63) is 36.2 Å². The Bertz CT molecular complexity index is 342. The number of hydrogen-bond acceptors (Lipinski definition) is 2. The number of rotatable bonds is 4. The third-order valence-corrected chi connectivity index (χ3v) is 2.97. The Kier molecular flexibility index (Phi) is 2.96. The van der Waals surface area contributed by atoms with Gasteiger partial charge in [-0.15, -0.1) is 0 Å². The zero-order valence-corrected chi connectivity index (χ0v) is 9.07. The van der Waals surface area contributed by atoms with Gasteiger partial charge in [-0.25, -0.2) is 0 Å². The van der Waals surface area contributed by atoms with E-state index in [4.69, 9.17) is 4.74 Å². The Morgan fingerprint density at radius 1 is 1.53 bits per heavy atom. The number of aliphatic hydroxyl groups excluding tert-OH is 1. The minimum atomic E-state index is -0.0456. The molecule has 81 valence electrons. The fourth-order valence-corrected chi connectivity index (χ4v) is 1.90. The summed E-state index contributed by atoms with van der Waals surface area (Å²) < 4.78 is 5.20. The van der Waals surface area contributed by atoms with Crippen molar-refractivity contribution in [3.63, 3.8) is 0 Å². The van der Waals surface area contributed by atoms with Crippen LogP contribution in [0.5, 0.6) is 5.75 Å². The quantitative estimate of drug-likeness (QED) is 0.818. The van der Waals surface area contributed by atoms with Gasteiger partial charge in [0.05, 0.1) is 7.11 Å². The van der Waals surface area contributed by atoms with Crippen molar-refractivity contribution in [2.24, 2.45) is 0 Å². The van der Waals surface area contributed by atoms with Crippen LogP contribution < -0.4 is 4.74 Å². The predicted octanol–water partition coefficient (Wildman–Crippen LogP) is 2.48. The Morgan fingerprint density at radius 3 is 2.80 bits per heavy atom. The van der Waals surface area contributed by atoms with Gasteiger partial charge in [-0.05, 0) is 48.9 Å². The van der Waals surface area contributed by atoms with Gasteiger partial charge >= 0.3 is 0 Å². The second kappa shape index (κ2) is 4.23. The summed E-state index contributed by atoms with van der Waals surface area (Å²) in [6, 6.07) is 6.10. The first-order chi connectivity index (χ1) is 7.26. The number of benzene rings is 1. The zero-order valence-electron chi connectivity index (χ0n) is 9.07. The molecule has 1 radical (unpaired) electrons. The van der Waals surface area contributed by atoms with E-state index in [-0.39, 0.29) is 12.5 Å². The van der Waals surface area contributed by atoms with E-state index in [9.17, 15) is 5.11 Å². The first-order valence-electron chi connectivity index (χ1n) is 5.38. The van der Waals surface area contributed by atoms with Crippen LogP contribution in [0.3, 0.4) is 0 Å². The molecule has 1 unspecified atom stereocenters. The largest absolute Gasteiger partial charge is 0.497 e. The normalized spacial score (nSPS) is 17.5. The minimum Gasteiger partial charge on any atom is -0.497 e. The summed E-state index contributed by atoms with van der Waals surface area (Å²) in [5, 5.41) is 9.18. The second-order valence-corrected chi connectivity index (χ2v) is 4.15. The van der Waals surface area contributed by atoms with Crippen molar-refractivity contribution >= 4 is 0 Å². The maximum absolute atomic E-state index is 9.18. The summed E-state index contributed by atoms with van der Waals surface area (Å²) in [6.07, 6.45) is 2.52. The van der Waals surface area contributed by atoms with Gasteiger partial charge in [0.1, 0.15) is 5.75 Å². The van der Waals surface area contributed by atoms with E-state index in [0.29, 0.717) is 5.92 Å². The molecule has 0 aliphatic heterocycles. The summed E-state index contributed by atoms with van der Waals surface area (Å²) in [7, 11) is 1.66. The van der Waals surface area contributed by atoms with E-state index in [1.54, 1.807) is 7.11 Å². The van der Waals surface area contributed by atoms with Crippen LogP contribution in [0, 0.1) is 6.92 Å². The van der Waals surface area contributed by atoms with Crippen LogP contribution in [0.15, 0.2) is 18.2 Å². The first-order valence-corrected chi connectivity index (χ1v) is 5.38. The third-order valence-electron chi connectivity index (χ3n) is 2.97. The molecule has 1 aromatic rings. The van der Waals surface area contributed by atoms with Crippen LogP contribution in [-0.4, -0.2) is 18.8 Å². The van der Waals surface area contributed by atoms with Crippen LogP contribution in [0.4, 0.5) is 0 Å². The SMILES string of the molecule is [CH2]C(CO)c1cc(OC)ccc1C1CC1. The Labute approximate surface area is 90.9 Å². The van der Waals surface area contributed by atoms with Gasteiger partial charge in [0.15, 0.2) is 0 Å². The monoisotopic (exact) mass is 205 g/mol. The summed E-state index contributed by atoms with van der Waals surface area (Å²) in [5.41, 5.74) is 2.48. The lowest BCUT2D eigenvalue weighted by Crippen LogP contribution is -2.03. The summed E-state index contributed by atoms with van der Waals surface area (Å²) in [5.74, 6) is 1.48. The lowest BCUT2D eigenvalue weighted by molar-refractivity contribution is 0.282. The molecule has 1 aliphatic carbocycles. The average molecular weight is 205 g/mol. The molecule has 1 N–H and O–H groups in total. The van der Waals surface area contributed by atoms with Crippen LogP contribution in [0.1, 0.15) is 35.8 Å². The minimum absolute atomic E-state index is 0.0456. The van der Waals surface area contributed by atoms with Crippen molar-refractivity contribution in [2.75, 3.05) is 13.7 Å². The third kappa shape index (κ3) is 2.15. The maximum Gasteiger partial charge on any atom is 0.119 e. The molecule has 1 fully saturated rings. The molecule has 0 saturated heterocycles. The summed E-state index contributed by atoms with van der Waals surface area (Å²) in [4.78, 5) is 0. The highest BCUT2D eigenvalue weighted by atomic mass is 16.5. The fraction of sp³-hybridized carbons (Fsp3) is 0.462. The van der Waals surface area contributed by atoms with Crippen LogP contribution in [0.25, 0.3) is 0 Å². The van der Waals surface area contributed by atoms with Crippen molar-refractivity contribution in [2.45, 2.75) is 24.7 Å². The molecular weight excluding hydrogens is 188 g/mol. The van der Waals surface area contributed by atoms with Gasteiger partial charge in [-0.3, -0.25) is 0 Å². The lowest BCUT2D eigenvalue weighted by atomic mass is 9.93. The molecular formula is C13H17O2. The molecule has 2 nitrogen and oxygen atoms in total. The van der Waals surface area contributed by atoms with Gasteiger partial charge in [-0.2, -0.15) is 0 Å². The van der Waals surface area contributed by atoms with Gasteiger partial charge in [0.25, 0.3) is 0 Å². The maximum atomic E-state index is 9.18. The number of methoxy groups -OCH3 is 1. The molecule has 2 heteroatoms. The Morgan fingerprint density at radius 2 is 2.27 bits per heavy atom.